The summed E-state index contributed by atoms with van der Waals surface area (Å²) >= 11 is 3.39. The van der Waals surface area contributed by atoms with Gasteiger partial charge in [0.15, 0.2) is 0 Å². The number of hydrogen-bond acceptors (Lipinski definition) is 3. The molecule has 0 aliphatic heterocycles. The van der Waals surface area contributed by atoms with Crippen molar-refractivity contribution in [1.82, 2.24) is 4.90 Å². The van der Waals surface area contributed by atoms with Crippen LogP contribution in [0.1, 0.15) is 19.6 Å². The molecule has 0 radical (unpaired) electrons. The highest BCUT2D eigenvalue weighted by atomic mass is 79.9. The smallest absolute Gasteiger partial charge is 0.264 e. The topological polar surface area (TPSA) is 57.2 Å². The molecule has 23 heavy (non-hydrogen) atoms. The van der Waals surface area contributed by atoms with Crippen LogP contribution in [0.2, 0.25) is 0 Å². The molecule has 4 nitrogen and oxygen atoms in total. The molecule has 0 aliphatic rings. The molecule has 1 aromatic heterocycles. The third-order valence-electron chi connectivity index (χ3n) is 3.44. The first-order valence-electron chi connectivity index (χ1n) is 7.35. The average molecular weight is 373 g/mol. The highest BCUT2D eigenvalue weighted by Gasteiger charge is 2.16. The van der Waals surface area contributed by atoms with Crippen molar-refractivity contribution in [3.05, 3.63) is 52.2 Å². The van der Waals surface area contributed by atoms with E-state index in [4.69, 9.17) is 4.42 Å². The number of halogens is 1. The van der Waals surface area contributed by atoms with Crippen molar-refractivity contribution in [1.29, 1.82) is 5.26 Å². The minimum Gasteiger partial charge on any atom is -0.457 e. The van der Waals surface area contributed by atoms with E-state index in [0.29, 0.717) is 24.6 Å². The van der Waals surface area contributed by atoms with Crippen LogP contribution in [0.5, 0.6) is 0 Å². The maximum absolute atomic E-state index is 12.2. The van der Waals surface area contributed by atoms with E-state index in [0.717, 1.165) is 10.0 Å². The van der Waals surface area contributed by atoms with Gasteiger partial charge in [0, 0.05) is 29.2 Å². The van der Waals surface area contributed by atoms with Gasteiger partial charge in [0.25, 0.3) is 5.91 Å². The van der Waals surface area contributed by atoms with Crippen LogP contribution in [-0.2, 0) is 4.79 Å². The molecule has 2 aromatic rings. The highest BCUT2D eigenvalue weighted by Crippen LogP contribution is 2.25. The summed E-state index contributed by atoms with van der Waals surface area (Å²) in [7, 11) is 0. The van der Waals surface area contributed by atoms with Gasteiger partial charge in [-0.2, -0.15) is 5.26 Å². The second kappa shape index (κ2) is 7.80. The normalized spacial score (nSPS) is 11.1. The van der Waals surface area contributed by atoms with Crippen LogP contribution in [0, 0.1) is 11.3 Å². The summed E-state index contributed by atoms with van der Waals surface area (Å²) < 4.78 is 6.72. The lowest BCUT2D eigenvalue weighted by atomic mass is 10.2. The fraction of sp³-hybridized carbons (Fsp3) is 0.222. The molecule has 0 N–H and O–H groups in total. The maximum atomic E-state index is 12.2. The van der Waals surface area contributed by atoms with Crippen LogP contribution in [0.15, 0.2) is 50.9 Å². The zero-order valence-electron chi connectivity index (χ0n) is 13.0. The summed E-state index contributed by atoms with van der Waals surface area (Å²) in [6, 6.07) is 13.3. The van der Waals surface area contributed by atoms with Crippen molar-refractivity contribution in [3.8, 4) is 17.4 Å². The second-order valence-corrected chi connectivity index (χ2v) is 5.77. The first-order chi connectivity index (χ1) is 11.1. The SMILES string of the molecule is CCN(CC)C(=O)/C(C#N)=C\c1ccc(-c2ccc(Br)cc2)o1. The number of carbonyl (C=O) groups is 1. The van der Waals surface area contributed by atoms with Crippen molar-refractivity contribution in [2.45, 2.75) is 13.8 Å². The summed E-state index contributed by atoms with van der Waals surface area (Å²) in [6.07, 6.45) is 1.49. The minimum atomic E-state index is -0.279. The number of nitriles is 1. The Morgan fingerprint density at radius 2 is 1.87 bits per heavy atom. The predicted molar refractivity (Wildman–Crippen MR) is 93.4 cm³/mol. The number of nitrogens with zero attached hydrogens (tertiary/aromatic N) is 2. The molecule has 0 unspecified atom stereocenters. The molecule has 0 spiro atoms. The van der Waals surface area contributed by atoms with Crippen LogP contribution >= 0.6 is 15.9 Å². The van der Waals surface area contributed by atoms with E-state index < -0.39 is 0 Å². The van der Waals surface area contributed by atoms with Crippen LogP contribution in [0.4, 0.5) is 0 Å². The van der Waals surface area contributed by atoms with Gasteiger partial charge in [-0.3, -0.25) is 4.79 Å². The summed E-state index contributed by atoms with van der Waals surface area (Å²) in [5.41, 5.74) is 1.01. The molecule has 0 atom stereocenters. The average Bonchev–Trinajstić information content (AvgIpc) is 3.03. The van der Waals surface area contributed by atoms with Gasteiger partial charge in [-0.1, -0.05) is 28.1 Å². The van der Waals surface area contributed by atoms with Gasteiger partial charge in [0.05, 0.1) is 0 Å². The Morgan fingerprint density at radius 1 is 1.22 bits per heavy atom. The van der Waals surface area contributed by atoms with E-state index in [1.807, 2.05) is 50.2 Å². The number of likely N-dealkylation sites (N-methyl/N-ethyl adjacent to an activating group) is 1. The highest BCUT2D eigenvalue weighted by molar-refractivity contribution is 9.10. The number of rotatable bonds is 5. The Balaban J connectivity index is 2.27. The number of carbonyl (C=O) groups excluding carboxylic acids is 1. The fourth-order valence-electron chi connectivity index (χ4n) is 2.16. The molecule has 1 amide bonds. The first-order valence-corrected chi connectivity index (χ1v) is 8.15. The van der Waals surface area contributed by atoms with Gasteiger partial charge in [0.1, 0.15) is 23.2 Å². The predicted octanol–water partition coefficient (Wildman–Crippen LogP) is 4.48. The van der Waals surface area contributed by atoms with E-state index in [1.54, 1.807) is 11.0 Å². The molecule has 0 aliphatic carbocycles. The van der Waals surface area contributed by atoms with Gasteiger partial charge in [-0.05, 0) is 38.1 Å². The van der Waals surface area contributed by atoms with Crippen LogP contribution in [0.25, 0.3) is 17.4 Å². The summed E-state index contributed by atoms with van der Waals surface area (Å²) in [5.74, 6) is 0.899. The van der Waals surface area contributed by atoms with E-state index in [9.17, 15) is 10.1 Å². The molecule has 0 saturated carbocycles. The van der Waals surface area contributed by atoms with E-state index in [-0.39, 0.29) is 11.5 Å². The number of furan rings is 1. The fourth-order valence-corrected chi connectivity index (χ4v) is 2.43. The molecule has 2 rings (SSSR count). The largest absolute Gasteiger partial charge is 0.457 e. The molecule has 5 heteroatoms. The second-order valence-electron chi connectivity index (χ2n) is 4.86. The van der Waals surface area contributed by atoms with E-state index in [2.05, 4.69) is 15.9 Å². The van der Waals surface area contributed by atoms with Gasteiger partial charge in [0.2, 0.25) is 0 Å². The Labute approximate surface area is 144 Å². The summed E-state index contributed by atoms with van der Waals surface area (Å²) in [6.45, 7) is 4.90. The van der Waals surface area contributed by atoms with Crippen molar-refractivity contribution < 1.29 is 9.21 Å². The molecular weight excluding hydrogens is 356 g/mol. The summed E-state index contributed by atoms with van der Waals surface area (Å²) in [5, 5.41) is 9.24. The lowest BCUT2D eigenvalue weighted by Gasteiger charge is -2.17. The van der Waals surface area contributed by atoms with Crippen molar-refractivity contribution >= 4 is 27.9 Å². The number of hydrogen-bond donors (Lipinski definition) is 0. The Morgan fingerprint density at radius 3 is 2.43 bits per heavy atom. The molecule has 118 valence electrons. The third kappa shape index (κ3) is 4.11. The first kappa shape index (κ1) is 17.0. The van der Waals surface area contributed by atoms with Crippen LogP contribution < -0.4 is 0 Å². The third-order valence-corrected chi connectivity index (χ3v) is 3.97. The molecule has 0 bridgehead atoms. The van der Waals surface area contributed by atoms with Gasteiger partial charge in [-0.15, -0.1) is 0 Å². The Hall–Kier alpha value is -2.32. The van der Waals surface area contributed by atoms with Crippen molar-refractivity contribution in [2.24, 2.45) is 0 Å². The number of amides is 1. The Bertz CT molecular complexity index is 750. The molecule has 1 aromatic carbocycles. The molecule has 0 fully saturated rings. The summed E-state index contributed by atoms with van der Waals surface area (Å²) in [4.78, 5) is 13.8. The van der Waals surface area contributed by atoms with Gasteiger partial charge >= 0.3 is 0 Å². The van der Waals surface area contributed by atoms with Crippen LogP contribution in [-0.4, -0.2) is 23.9 Å². The molecule has 0 saturated heterocycles. The quantitative estimate of drug-likeness (QED) is 0.573. The number of benzene rings is 1. The van der Waals surface area contributed by atoms with Gasteiger partial charge < -0.3 is 9.32 Å². The lowest BCUT2D eigenvalue weighted by Crippen LogP contribution is -2.31. The Kier molecular flexibility index (Phi) is 5.78. The molecular formula is C18H17BrN2O2. The molecule has 1 heterocycles. The van der Waals surface area contributed by atoms with Crippen LogP contribution in [0.3, 0.4) is 0 Å². The zero-order valence-corrected chi connectivity index (χ0v) is 14.6. The van der Waals surface area contributed by atoms with Gasteiger partial charge in [-0.25, -0.2) is 0 Å². The van der Waals surface area contributed by atoms with Crippen molar-refractivity contribution in [3.63, 3.8) is 0 Å². The van der Waals surface area contributed by atoms with Crippen molar-refractivity contribution in [2.75, 3.05) is 13.1 Å². The minimum absolute atomic E-state index is 0.0745. The lowest BCUT2D eigenvalue weighted by molar-refractivity contribution is -0.126. The van der Waals surface area contributed by atoms with E-state index in [1.165, 1.54) is 6.08 Å². The maximum Gasteiger partial charge on any atom is 0.264 e. The monoisotopic (exact) mass is 372 g/mol. The van der Waals surface area contributed by atoms with E-state index >= 15 is 0 Å². The zero-order chi connectivity index (χ0) is 16.8. The standard InChI is InChI=1S/C18H17BrN2O2/c1-3-21(4-2)18(22)14(12-20)11-16-9-10-17(23-16)13-5-7-15(19)8-6-13/h5-11H,3-4H2,1-2H3/b14-11-.